The van der Waals surface area contributed by atoms with E-state index in [1.54, 1.807) is 24.3 Å². The highest BCUT2D eigenvalue weighted by molar-refractivity contribution is 5.98. The van der Waals surface area contributed by atoms with Crippen LogP contribution in [0.4, 0.5) is 0 Å². The molecule has 0 spiro atoms. The van der Waals surface area contributed by atoms with E-state index in [1.165, 1.54) is 0 Å². The van der Waals surface area contributed by atoms with Gasteiger partial charge in [-0.25, -0.2) is 0 Å². The maximum absolute atomic E-state index is 12.6. The Morgan fingerprint density at radius 1 is 0.871 bits per heavy atom. The molecule has 0 atom stereocenters. The second kappa shape index (κ2) is 11.0. The second-order valence-corrected chi connectivity index (χ2v) is 6.89. The molecular formula is C24H27N3O4. The number of ether oxygens (including phenoxy) is 1. The molecule has 7 nitrogen and oxygen atoms in total. The minimum Gasteiger partial charge on any atom is -0.489 e. The van der Waals surface area contributed by atoms with Crippen LogP contribution in [0.2, 0.25) is 0 Å². The molecule has 0 bridgehead atoms. The molecule has 0 radical (unpaired) electrons. The van der Waals surface area contributed by atoms with E-state index < -0.39 is 11.8 Å². The fourth-order valence-corrected chi connectivity index (χ4v) is 3.04. The molecule has 3 aromatic rings. The zero-order valence-corrected chi connectivity index (χ0v) is 17.8. The van der Waals surface area contributed by atoms with Crippen LogP contribution in [0, 0.1) is 0 Å². The first-order chi connectivity index (χ1) is 15.1. The average Bonchev–Trinajstić information content (AvgIpc) is 3.29. The molecule has 31 heavy (non-hydrogen) atoms. The van der Waals surface area contributed by atoms with Crippen molar-refractivity contribution in [2.75, 3.05) is 13.1 Å². The van der Waals surface area contributed by atoms with Gasteiger partial charge in [0, 0.05) is 11.1 Å². The molecule has 162 valence electrons. The number of hydrogen-bond donors (Lipinski definition) is 2. The summed E-state index contributed by atoms with van der Waals surface area (Å²) in [5.74, 6) is 0.601. The van der Waals surface area contributed by atoms with Gasteiger partial charge < -0.3 is 9.15 Å². The average molecular weight is 421 g/mol. The van der Waals surface area contributed by atoms with Gasteiger partial charge in [0.15, 0.2) is 5.76 Å². The minimum absolute atomic E-state index is 0.142. The Bertz CT molecular complexity index is 997. The lowest BCUT2D eigenvalue weighted by molar-refractivity contribution is 0.0827. The summed E-state index contributed by atoms with van der Waals surface area (Å²) >= 11 is 0. The molecule has 0 aliphatic heterocycles. The summed E-state index contributed by atoms with van der Waals surface area (Å²) in [5, 5.41) is 0. The molecule has 0 aliphatic carbocycles. The lowest BCUT2D eigenvalue weighted by Crippen LogP contribution is -2.41. The number of carbonyl (C=O) groups is 2. The second-order valence-electron chi connectivity index (χ2n) is 6.89. The molecular weight excluding hydrogens is 394 g/mol. The molecule has 3 rings (SSSR count). The lowest BCUT2D eigenvalue weighted by atomic mass is 10.1. The Morgan fingerprint density at radius 3 is 2.29 bits per heavy atom. The number of amides is 2. The van der Waals surface area contributed by atoms with Crippen LogP contribution in [0.5, 0.6) is 5.75 Å². The van der Waals surface area contributed by atoms with Gasteiger partial charge in [-0.3, -0.25) is 25.3 Å². The van der Waals surface area contributed by atoms with E-state index in [0.29, 0.717) is 29.2 Å². The summed E-state index contributed by atoms with van der Waals surface area (Å²) in [4.78, 5) is 27.2. The molecule has 2 aromatic carbocycles. The summed E-state index contributed by atoms with van der Waals surface area (Å²) in [7, 11) is 0. The molecule has 2 N–H and O–H groups in total. The Hall–Kier alpha value is -3.58. The van der Waals surface area contributed by atoms with Crippen molar-refractivity contribution >= 4 is 11.8 Å². The van der Waals surface area contributed by atoms with Crippen molar-refractivity contribution in [2.45, 2.75) is 27.0 Å². The molecule has 0 saturated carbocycles. The Morgan fingerprint density at radius 2 is 1.55 bits per heavy atom. The van der Waals surface area contributed by atoms with Crippen molar-refractivity contribution < 1.29 is 18.7 Å². The van der Waals surface area contributed by atoms with Crippen LogP contribution in [0.3, 0.4) is 0 Å². The van der Waals surface area contributed by atoms with Gasteiger partial charge in [0.05, 0.1) is 6.54 Å². The molecule has 1 aromatic heterocycles. The first-order valence-electron chi connectivity index (χ1n) is 10.3. The summed E-state index contributed by atoms with van der Waals surface area (Å²) in [6.07, 6.45) is 0. The molecule has 0 unspecified atom stereocenters. The summed E-state index contributed by atoms with van der Waals surface area (Å²) in [6, 6.07) is 19.8. The zero-order valence-electron chi connectivity index (χ0n) is 17.8. The topological polar surface area (TPSA) is 83.8 Å². The molecule has 0 saturated heterocycles. The third-order valence-electron chi connectivity index (χ3n) is 4.85. The minimum atomic E-state index is -0.517. The van der Waals surface area contributed by atoms with Gasteiger partial charge in [0.2, 0.25) is 0 Å². The number of nitrogens with zero attached hydrogens (tertiary/aromatic N) is 1. The number of hydrazine groups is 1. The fourth-order valence-electron chi connectivity index (χ4n) is 3.04. The maximum Gasteiger partial charge on any atom is 0.305 e. The SMILES string of the molecule is CCN(CC)Cc1ccc(C(=O)NNC(=O)c2ccccc2COc2ccccc2)o1. The number of para-hydroxylation sites is 1. The van der Waals surface area contributed by atoms with Crippen molar-refractivity contribution in [3.05, 3.63) is 89.4 Å². The van der Waals surface area contributed by atoms with Crippen molar-refractivity contribution in [2.24, 2.45) is 0 Å². The van der Waals surface area contributed by atoms with Crippen LogP contribution in [-0.2, 0) is 13.2 Å². The highest BCUT2D eigenvalue weighted by atomic mass is 16.5. The highest BCUT2D eigenvalue weighted by Crippen LogP contribution is 2.15. The van der Waals surface area contributed by atoms with Crippen LogP contribution >= 0.6 is 0 Å². The Kier molecular flexibility index (Phi) is 7.84. The van der Waals surface area contributed by atoms with E-state index in [4.69, 9.17) is 9.15 Å². The van der Waals surface area contributed by atoms with Gasteiger partial charge in [-0.1, -0.05) is 50.2 Å². The van der Waals surface area contributed by atoms with Gasteiger partial charge in [0.1, 0.15) is 18.1 Å². The number of benzene rings is 2. The smallest absolute Gasteiger partial charge is 0.305 e. The predicted octanol–water partition coefficient (Wildman–Crippen LogP) is 3.78. The number of rotatable bonds is 9. The number of nitrogens with one attached hydrogen (secondary N) is 2. The quantitative estimate of drug-likeness (QED) is 0.514. The van der Waals surface area contributed by atoms with Crippen LogP contribution in [0.1, 0.15) is 46.1 Å². The Labute approximate surface area is 182 Å². The van der Waals surface area contributed by atoms with Crippen LogP contribution in [0.25, 0.3) is 0 Å². The molecule has 1 heterocycles. The van der Waals surface area contributed by atoms with E-state index >= 15 is 0 Å². The van der Waals surface area contributed by atoms with Gasteiger partial charge in [-0.2, -0.15) is 0 Å². The van der Waals surface area contributed by atoms with Crippen LogP contribution in [-0.4, -0.2) is 29.8 Å². The van der Waals surface area contributed by atoms with Gasteiger partial charge in [0.25, 0.3) is 5.91 Å². The normalized spacial score (nSPS) is 10.7. The number of hydrogen-bond acceptors (Lipinski definition) is 5. The van der Waals surface area contributed by atoms with E-state index in [0.717, 1.165) is 13.1 Å². The number of carbonyl (C=O) groups excluding carboxylic acids is 2. The van der Waals surface area contributed by atoms with Gasteiger partial charge in [-0.15, -0.1) is 0 Å². The van der Waals surface area contributed by atoms with Gasteiger partial charge >= 0.3 is 5.91 Å². The summed E-state index contributed by atoms with van der Waals surface area (Å²) in [6.45, 7) is 6.77. The largest absolute Gasteiger partial charge is 0.489 e. The predicted molar refractivity (Wildman–Crippen MR) is 117 cm³/mol. The first kappa shape index (κ1) is 22.1. The van der Waals surface area contributed by atoms with Crippen molar-refractivity contribution in [3.63, 3.8) is 0 Å². The summed E-state index contributed by atoms with van der Waals surface area (Å²) in [5.41, 5.74) is 5.97. The van der Waals surface area contributed by atoms with E-state index in [2.05, 4.69) is 29.6 Å². The first-order valence-corrected chi connectivity index (χ1v) is 10.3. The maximum atomic E-state index is 12.6. The van der Waals surface area contributed by atoms with Crippen molar-refractivity contribution in [1.82, 2.24) is 15.8 Å². The molecule has 2 amide bonds. The Balaban J connectivity index is 1.57. The lowest BCUT2D eigenvalue weighted by Gasteiger charge is -2.15. The highest BCUT2D eigenvalue weighted by Gasteiger charge is 2.16. The monoisotopic (exact) mass is 421 g/mol. The third kappa shape index (κ3) is 6.20. The third-order valence-corrected chi connectivity index (χ3v) is 4.85. The van der Waals surface area contributed by atoms with Crippen LogP contribution < -0.4 is 15.6 Å². The standard InChI is InChI=1S/C24H27N3O4/c1-3-27(4-2)16-20-14-15-22(31-20)24(29)26-25-23(28)21-13-9-8-10-18(21)17-30-19-11-6-5-7-12-19/h5-15H,3-4,16-17H2,1-2H3,(H,25,28)(H,26,29). The number of furan rings is 1. The van der Waals surface area contributed by atoms with Crippen molar-refractivity contribution in [3.8, 4) is 5.75 Å². The van der Waals surface area contributed by atoms with Crippen LogP contribution in [0.15, 0.2) is 71.1 Å². The fraction of sp³-hybridized carbons (Fsp3) is 0.250. The van der Waals surface area contributed by atoms with E-state index in [-0.39, 0.29) is 12.4 Å². The zero-order chi connectivity index (χ0) is 22.1. The van der Waals surface area contributed by atoms with E-state index in [1.807, 2.05) is 42.5 Å². The van der Waals surface area contributed by atoms with Crippen molar-refractivity contribution in [1.29, 1.82) is 0 Å². The molecule has 0 fully saturated rings. The van der Waals surface area contributed by atoms with Gasteiger partial charge in [-0.05, 0) is 43.4 Å². The van der Waals surface area contributed by atoms with E-state index in [9.17, 15) is 9.59 Å². The molecule has 7 heteroatoms. The summed E-state index contributed by atoms with van der Waals surface area (Å²) < 4.78 is 11.3. The molecule has 0 aliphatic rings.